The van der Waals surface area contributed by atoms with Gasteiger partial charge in [-0.3, -0.25) is 4.79 Å². The van der Waals surface area contributed by atoms with Crippen molar-refractivity contribution in [2.75, 3.05) is 26.3 Å². The molecule has 0 radical (unpaired) electrons. The van der Waals surface area contributed by atoms with E-state index in [9.17, 15) is 4.79 Å². The molecule has 1 unspecified atom stereocenters. The van der Waals surface area contributed by atoms with Crippen molar-refractivity contribution in [1.29, 1.82) is 0 Å². The molecule has 0 aromatic heterocycles. The normalized spacial score (nSPS) is 18.9. The van der Waals surface area contributed by atoms with Crippen LogP contribution in [0.5, 0.6) is 0 Å². The minimum absolute atomic E-state index is 0.0920. The van der Waals surface area contributed by atoms with E-state index in [0.717, 1.165) is 19.3 Å². The van der Waals surface area contributed by atoms with Gasteiger partial charge in [-0.05, 0) is 6.42 Å². The zero-order valence-corrected chi connectivity index (χ0v) is 9.58. The first-order chi connectivity index (χ1) is 7.25. The van der Waals surface area contributed by atoms with Crippen LogP contribution in [0.2, 0.25) is 0 Å². The van der Waals surface area contributed by atoms with E-state index in [4.69, 9.17) is 10.5 Å². The van der Waals surface area contributed by atoms with E-state index in [0.29, 0.717) is 26.3 Å². The van der Waals surface area contributed by atoms with E-state index in [1.54, 1.807) is 0 Å². The molecule has 1 fully saturated rings. The average Bonchev–Trinajstić information content (AvgIpc) is 2.29. The van der Waals surface area contributed by atoms with E-state index >= 15 is 0 Å². The Morgan fingerprint density at radius 2 is 2.07 bits per heavy atom. The number of nitrogens with zero attached hydrogens (tertiary/aromatic N) is 1. The third-order valence-electron chi connectivity index (χ3n) is 2.76. The first-order valence-corrected chi connectivity index (χ1v) is 5.87. The first kappa shape index (κ1) is 12.5. The van der Waals surface area contributed by atoms with E-state index in [-0.39, 0.29) is 11.9 Å². The second kappa shape index (κ2) is 6.80. The Kier molecular flexibility index (Phi) is 5.65. The molecule has 1 aliphatic rings. The van der Waals surface area contributed by atoms with Crippen LogP contribution in [0.3, 0.4) is 0 Å². The summed E-state index contributed by atoms with van der Waals surface area (Å²) in [6.07, 6.45) is 4.18. The lowest BCUT2D eigenvalue weighted by Gasteiger charge is -2.29. The van der Waals surface area contributed by atoms with Gasteiger partial charge in [0.1, 0.15) is 0 Å². The van der Waals surface area contributed by atoms with Crippen molar-refractivity contribution in [2.45, 2.75) is 38.6 Å². The summed E-state index contributed by atoms with van der Waals surface area (Å²) in [6, 6.07) is -0.311. The molecule has 0 aromatic carbocycles. The Morgan fingerprint density at radius 3 is 2.67 bits per heavy atom. The molecule has 1 saturated heterocycles. The fraction of sp³-hybridized carbons (Fsp3) is 0.909. The van der Waals surface area contributed by atoms with Crippen molar-refractivity contribution < 1.29 is 9.53 Å². The molecule has 1 rings (SSSR count). The number of carbonyl (C=O) groups excluding carboxylic acids is 1. The van der Waals surface area contributed by atoms with Gasteiger partial charge >= 0.3 is 0 Å². The molecular weight excluding hydrogens is 192 g/mol. The lowest BCUT2D eigenvalue weighted by molar-refractivity contribution is -0.136. The van der Waals surface area contributed by atoms with Gasteiger partial charge in [0.05, 0.1) is 19.3 Å². The van der Waals surface area contributed by atoms with Crippen molar-refractivity contribution in [3.63, 3.8) is 0 Å². The predicted octanol–water partition coefficient (Wildman–Crippen LogP) is 0.753. The van der Waals surface area contributed by atoms with Gasteiger partial charge in [-0.2, -0.15) is 0 Å². The minimum atomic E-state index is -0.311. The Balaban J connectivity index is 2.24. The highest BCUT2D eigenvalue weighted by molar-refractivity contribution is 5.81. The molecule has 1 aliphatic heterocycles. The summed E-state index contributed by atoms with van der Waals surface area (Å²) in [6.45, 7) is 4.83. The molecule has 1 amide bonds. The Hall–Kier alpha value is -0.610. The third kappa shape index (κ3) is 4.18. The summed E-state index contributed by atoms with van der Waals surface area (Å²) in [5, 5.41) is 0. The largest absolute Gasteiger partial charge is 0.378 e. The van der Waals surface area contributed by atoms with Crippen molar-refractivity contribution in [3.8, 4) is 0 Å². The fourth-order valence-corrected chi connectivity index (χ4v) is 1.76. The number of carbonyl (C=O) groups is 1. The summed E-state index contributed by atoms with van der Waals surface area (Å²) in [7, 11) is 0. The third-order valence-corrected chi connectivity index (χ3v) is 2.76. The highest BCUT2D eigenvalue weighted by Gasteiger charge is 2.22. The van der Waals surface area contributed by atoms with Crippen molar-refractivity contribution in [2.24, 2.45) is 5.73 Å². The molecule has 2 N–H and O–H groups in total. The van der Waals surface area contributed by atoms with Crippen LogP contribution in [-0.4, -0.2) is 43.2 Å². The molecule has 0 bridgehead atoms. The lowest BCUT2D eigenvalue weighted by Crippen LogP contribution is -2.48. The summed E-state index contributed by atoms with van der Waals surface area (Å²) >= 11 is 0. The molecule has 0 aromatic rings. The van der Waals surface area contributed by atoms with Crippen LogP contribution in [0, 0.1) is 0 Å². The van der Waals surface area contributed by atoms with Gasteiger partial charge in [-0.25, -0.2) is 0 Å². The number of rotatable bonds is 5. The van der Waals surface area contributed by atoms with Crippen LogP contribution in [0.25, 0.3) is 0 Å². The number of nitrogens with two attached hydrogens (primary N) is 1. The molecule has 1 atom stereocenters. The molecule has 88 valence electrons. The first-order valence-electron chi connectivity index (χ1n) is 5.87. The summed E-state index contributed by atoms with van der Waals surface area (Å²) in [5.41, 5.74) is 5.86. The highest BCUT2D eigenvalue weighted by Crippen LogP contribution is 2.06. The molecule has 0 aliphatic carbocycles. The SMILES string of the molecule is CCCCCC(N)C(=O)N1CCOCC1. The predicted molar refractivity (Wildman–Crippen MR) is 59.5 cm³/mol. The summed E-state index contributed by atoms with van der Waals surface area (Å²) in [4.78, 5) is 13.7. The van der Waals surface area contributed by atoms with Crippen LogP contribution in [0.4, 0.5) is 0 Å². The molecular formula is C11H22N2O2. The molecule has 0 spiro atoms. The molecule has 0 saturated carbocycles. The van der Waals surface area contributed by atoms with Crippen molar-refractivity contribution in [3.05, 3.63) is 0 Å². The van der Waals surface area contributed by atoms with Gasteiger partial charge in [-0.1, -0.05) is 26.2 Å². The number of hydrogen-bond donors (Lipinski definition) is 1. The monoisotopic (exact) mass is 214 g/mol. The standard InChI is InChI=1S/C11H22N2O2/c1-2-3-4-5-10(12)11(14)13-6-8-15-9-7-13/h10H,2-9,12H2,1H3. The van der Waals surface area contributed by atoms with Gasteiger partial charge in [0.15, 0.2) is 0 Å². The maximum absolute atomic E-state index is 11.8. The van der Waals surface area contributed by atoms with Gasteiger partial charge in [-0.15, -0.1) is 0 Å². The molecule has 1 heterocycles. The average molecular weight is 214 g/mol. The van der Waals surface area contributed by atoms with E-state index in [1.165, 1.54) is 6.42 Å². The summed E-state index contributed by atoms with van der Waals surface area (Å²) in [5.74, 6) is 0.0920. The van der Waals surface area contributed by atoms with E-state index in [1.807, 2.05) is 4.90 Å². The second-order valence-corrected chi connectivity index (χ2v) is 4.04. The smallest absolute Gasteiger partial charge is 0.239 e. The fourth-order valence-electron chi connectivity index (χ4n) is 1.76. The van der Waals surface area contributed by atoms with Crippen LogP contribution in [0.1, 0.15) is 32.6 Å². The Morgan fingerprint density at radius 1 is 1.40 bits per heavy atom. The molecule has 4 nitrogen and oxygen atoms in total. The zero-order chi connectivity index (χ0) is 11.1. The van der Waals surface area contributed by atoms with Gasteiger partial charge in [0.25, 0.3) is 0 Å². The Labute approximate surface area is 91.8 Å². The topological polar surface area (TPSA) is 55.6 Å². The van der Waals surface area contributed by atoms with Gasteiger partial charge in [0, 0.05) is 13.1 Å². The zero-order valence-electron chi connectivity index (χ0n) is 9.58. The molecule has 4 heteroatoms. The maximum Gasteiger partial charge on any atom is 0.239 e. The summed E-state index contributed by atoms with van der Waals surface area (Å²) < 4.78 is 5.19. The van der Waals surface area contributed by atoms with Crippen LogP contribution in [0.15, 0.2) is 0 Å². The number of amides is 1. The van der Waals surface area contributed by atoms with Crippen LogP contribution >= 0.6 is 0 Å². The number of morpholine rings is 1. The maximum atomic E-state index is 11.8. The van der Waals surface area contributed by atoms with E-state index < -0.39 is 0 Å². The van der Waals surface area contributed by atoms with Crippen molar-refractivity contribution >= 4 is 5.91 Å². The van der Waals surface area contributed by atoms with Gasteiger partial charge in [0.2, 0.25) is 5.91 Å². The minimum Gasteiger partial charge on any atom is -0.378 e. The Bertz CT molecular complexity index is 191. The second-order valence-electron chi connectivity index (χ2n) is 4.04. The van der Waals surface area contributed by atoms with Gasteiger partial charge < -0.3 is 15.4 Å². The van der Waals surface area contributed by atoms with Crippen LogP contribution in [-0.2, 0) is 9.53 Å². The quantitative estimate of drug-likeness (QED) is 0.687. The number of ether oxygens (including phenoxy) is 1. The highest BCUT2D eigenvalue weighted by atomic mass is 16.5. The molecule has 15 heavy (non-hydrogen) atoms. The lowest BCUT2D eigenvalue weighted by atomic mass is 10.1. The number of hydrogen-bond acceptors (Lipinski definition) is 3. The van der Waals surface area contributed by atoms with Crippen LogP contribution < -0.4 is 5.73 Å². The van der Waals surface area contributed by atoms with Crippen molar-refractivity contribution in [1.82, 2.24) is 4.90 Å². The number of unbranched alkanes of at least 4 members (excludes halogenated alkanes) is 2. The van der Waals surface area contributed by atoms with E-state index in [2.05, 4.69) is 6.92 Å².